The fourth-order valence-electron chi connectivity index (χ4n) is 2.03. The van der Waals surface area contributed by atoms with Crippen LogP contribution in [0.2, 0.25) is 5.02 Å². The zero-order valence-electron chi connectivity index (χ0n) is 8.78. The molecule has 1 aromatic carbocycles. The Morgan fingerprint density at radius 1 is 1.56 bits per heavy atom. The van der Waals surface area contributed by atoms with Gasteiger partial charge in [0.2, 0.25) is 0 Å². The number of ether oxygens (including phenoxy) is 1. The van der Waals surface area contributed by atoms with Crippen molar-refractivity contribution in [1.82, 2.24) is 0 Å². The van der Waals surface area contributed by atoms with Gasteiger partial charge in [-0.3, -0.25) is 4.79 Å². The third-order valence-corrected chi connectivity index (χ3v) is 3.22. The summed E-state index contributed by atoms with van der Waals surface area (Å²) < 4.78 is 5.21. The van der Waals surface area contributed by atoms with Crippen LogP contribution in [0.5, 0.6) is 0 Å². The molecule has 1 unspecified atom stereocenters. The molecule has 1 heterocycles. The third-order valence-electron chi connectivity index (χ3n) is 2.99. The van der Waals surface area contributed by atoms with Crippen molar-refractivity contribution in [3.8, 4) is 0 Å². The molecule has 1 fully saturated rings. The Hall–Kier alpha value is -1.06. The zero-order chi connectivity index (χ0) is 11.6. The molecule has 0 saturated carbocycles. The lowest BCUT2D eigenvalue weighted by Crippen LogP contribution is -2.33. The summed E-state index contributed by atoms with van der Waals surface area (Å²) >= 11 is 5.88. The van der Waals surface area contributed by atoms with Crippen LogP contribution in [-0.2, 0) is 16.0 Å². The van der Waals surface area contributed by atoms with E-state index < -0.39 is 11.4 Å². The van der Waals surface area contributed by atoms with E-state index in [-0.39, 0.29) is 6.61 Å². The van der Waals surface area contributed by atoms with Crippen molar-refractivity contribution < 1.29 is 14.6 Å². The Morgan fingerprint density at radius 2 is 2.38 bits per heavy atom. The second kappa shape index (κ2) is 4.44. The van der Waals surface area contributed by atoms with Crippen molar-refractivity contribution in [2.45, 2.75) is 12.8 Å². The summed E-state index contributed by atoms with van der Waals surface area (Å²) in [7, 11) is 0. The molecule has 16 heavy (non-hydrogen) atoms. The average Bonchev–Trinajstić information content (AvgIpc) is 2.67. The Kier molecular flexibility index (Phi) is 3.17. The van der Waals surface area contributed by atoms with Crippen molar-refractivity contribution in [2.24, 2.45) is 5.41 Å². The molecule has 2 rings (SSSR count). The predicted octanol–water partition coefficient (Wildman–Crippen LogP) is 2.37. The summed E-state index contributed by atoms with van der Waals surface area (Å²) in [6.07, 6.45) is 1.04. The summed E-state index contributed by atoms with van der Waals surface area (Å²) in [6, 6.07) is 7.33. The molecule has 1 aliphatic heterocycles. The minimum Gasteiger partial charge on any atom is -0.481 e. The summed E-state index contributed by atoms with van der Waals surface area (Å²) in [5.41, 5.74) is 0.172. The van der Waals surface area contributed by atoms with Crippen LogP contribution in [0.15, 0.2) is 24.3 Å². The highest BCUT2D eigenvalue weighted by molar-refractivity contribution is 6.30. The molecule has 0 bridgehead atoms. The van der Waals surface area contributed by atoms with Crippen molar-refractivity contribution >= 4 is 17.6 Å². The normalized spacial score (nSPS) is 24.6. The number of aliphatic carboxylic acids is 1. The second-order valence-corrected chi connectivity index (χ2v) is 4.63. The van der Waals surface area contributed by atoms with Crippen molar-refractivity contribution in [3.63, 3.8) is 0 Å². The van der Waals surface area contributed by atoms with Gasteiger partial charge >= 0.3 is 5.97 Å². The van der Waals surface area contributed by atoms with Crippen LogP contribution >= 0.6 is 11.6 Å². The van der Waals surface area contributed by atoms with Gasteiger partial charge < -0.3 is 9.84 Å². The number of carboxylic acids is 1. The summed E-state index contributed by atoms with van der Waals surface area (Å²) in [6.45, 7) is 0.807. The molecule has 0 aliphatic carbocycles. The maximum absolute atomic E-state index is 11.3. The van der Waals surface area contributed by atoms with E-state index in [0.717, 1.165) is 5.56 Å². The fourth-order valence-corrected chi connectivity index (χ4v) is 2.24. The van der Waals surface area contributed by atoms with E-state index in [2.05, 4.69) is 0 Å². The Balaban J connectivity index is 2.21. The van der Waals surface area contributed by atoms with Gasteiger partial charge in [0.15, 0.2) is 0 Å². The first-order valence-corrected chi connectivity index (χ1v) is 5.56. The maximum Gasteiger partial charge on any atom is 0.312 e. The highest BCUT2D eigenvalue weighted by Gasteiger charge is 2.42. The topological polar surface area (TPSA) is 46.5 Å². The number of rotatable bonds is 3. The van der Waals surface area contributed by atoms with Gasteiger partial charge in [0.05, 0.1) is 12.0 Å². The summed E-state index contributed by atoms with van der Waals surface area (Å²) in [5, 5.41) is 9.92. The largest absolute Gasteiger partial charge is 0.481 e. The molecular weight excluding hydrogens is 228 g/mol. The van der Waals surface area contributed by atoms with Crippen LogP contribution in [-0.4, -0.2) is 24.3 Å². The van der Waals surface area contributed by atoms with Gasteiger partial charge in [-0.25, -0.2) is 0 Å². The number of hydrogen-bond acceptors (Lipinski definition) is 2. The molecule has 3 nitrogen and oxygen atoms in total. The summed E-state index contributed by atoms with van der Waals surface area (Å²) in [4.78, 5) is 11.3. The lowest BCUT2D eigenvalue weighted by atomic mass is 9.81. The number of hydrogen-bond donors (Lipinski definition) is 1. The number of carboxylic acid groups (broad SMARTS) is 1. The van der Waals surface area contributed by atoms with Crippen LogP contribution < -0.4 is 0 Å². The molecule has 4 heteroatoms. The monoisotopic (exact) mass is 240 g/mol. The maximum atomic E-state index is 11.3. The molecule has 1 aliphatic rings. The molecular formula is C12H13ClO3. The van der Waals surface area contributed by atoms with Crippen molar-refractivity contribution in [1.29, 1.82) is 0 Å². The molecule has 1 N–H and O–H groups in total. The average molecular weight is 241 g/mol. The molecule has 1 atom stereocenters. The van der Waals surface area contributed by atoms with E-state index in [1.54, 1.807) is 6.07 Å². The highest BCUT2D eigenvalue weighted by atomic mass is 35.5. The van der Waals surface area contributed by atoms with Crippen LogP contribution in [0.4, 0.5) is 0 Å². The minimum absolute atomic E-state index is 0.287. The quantitative estimate of drug-likeness (QED) is 0.882. The van der Waals surface area contributed by atoms with E-state index >= 15 is 0 Å². The first kappa shape index (κ1) is 11.4. The lowest BCUT2D eigenvalue weighted by molar-refractivity contribution is -0.148. The highest BCUT2D eigenvalue weighted by Crippen LogP contribution is 2.33. The Labute approximate surface area is 99.0 Å². The number of benzene rings is 1. The second-order valence-electron chi connectivity index (χ2n) is 4.19. The Bertz CT molecular complexity index is 397. The van der Waals surface area contributed by atoms with Gasteiger partial charge in [-0.15, -0.1) is 0 Å². The molecule has 86 valence electrons. The molecule has 1 aromatic rings. The van der Waals surface area contributed by atoms with Gasteiger partial charge in [-0.05, 0) is 30.5 Å². The van der Waals surface area contributed by atoms with Gasteiger partial charge in [-0.1, -0.05) is 23.7 Å². The molecule has 0 amide bonds. The van der Waals surface area contributed by atoms with Gasteiger partial charge in [0, 0.05) is 11.6 Å². The first-order valence-electron chi connectivity index (χ1n) is 5.18. The zero-order valence-corrected chi connectivity index (χ0v) is 9.54. The van der Waals surface area contributed by atoms with Crippen LogP contribution in [0, 0.1) is 5.41 Å². The minimum atomic E-state index is -0.787. The SMILES string of the molecule is O=C(O)C1(Cc2cccc(Cl)c2)CCOC1. The van der Waals surface area contributed by atoms with E-state index in [0.29, 0.717) is 24.5 Å². The smallest absolute Gasteiger partial charge is 0.312 e. The summed E-state index contributed by atoms with van der Waals surface area (Å²) in [5.74, 6) is -0.787. The fraction of sp³-hybridized carbons (Fsp3) is 0.417. The van der Waals surface area contributed by atoms with Gasteiger partial charge in [0.1, 0.15) is 0 Å². The predicted molar refractivity (Wildman–Crippen MR) is 60.7 cm³/mol. The first-order chi connectivity index (χ1) is 7.62. The van der Waals surface area contributed by atoms with Crippen LogP contribution in [0.25, 0.3) is 0 Å². The van der Waals surface area contributed by atoms with Crippen molar-refractivity contribution in [3.05, 3.63) is 34.9 Å². The standard InChI is InChI=1S/C12H13ClO3/c13-10-3-1-2-9(6-10)7-12(11(14)15)4-5-16-8-12/h1-3,6H,4-5,7-8H2,(H,14,15). The Morgan fingerprint density at radius 3 is 2.94 bits per heavy atom. The van der Waals surface area contributed by atoms with Gasteiger partial charge in [0.25, 0.3) is 0 Å². The molecule has 0 spiro atoms. The number of carbonyl (C=O) groups is 1. The van der Waals surface area contributed by atoms with Crippen LogP contribution in [0.1, 0.15) is 12.0 Å². The van der Waals surface area contributed by atoms with Gasteiger partial charge in [-0.2, -0.15) is 0 Å². The molecule has 0 aromatic heterocycles. The van der Waals surface area contributed by atoms with E-state index in [1.807, 2.05) is 18.2 Å². The van der Waals surface area contributed by atoms with E-state index in [1.165, 1.54) is 0 Å². The van der Waals surface area contributed by atoms with E-state index in [9.17, 15) is 9.90 Å². The molecule has 0 radical (unpaired) electrons. The third kappa shape index (κ3) is 2.20. The van der Waals surface area contributed by atoms with E-state index in [4.69, 9.17) is 16.3 Å². The number of halogens is 1. The van der Waals surface area contributed by atoms with Crippen LogP contribution in [0.3, 0.4) is 0 Å². The lowest BCUT2D eigenvalue weighted by Gasteiger charge is -2.21. The molecule has 1 saturated heterocycles. The van der Waals surface area contributed by atoms with Crippen molar-refractivity contribution in [2.75, 3.05) is 13.2 Å².